The molecule has 2 aromatic rings. The predicted octanol–water partition coefficient (Wildman–Crippen LogP) is 2.06. The molecule has 1 saturated carbocycles. The minimum atomic E-state index is 0.0864. The summed E-state index contributed by atoms with van der Waals surface area (Å²) in [5, 5.41) is 9.19. The van der Waals surface area contributed by atoms with Crippen LogP contribution < -0.4 is 11.5 Å². The molecule has 0 aliphatic heterocycles. The number of nitrogens with two attached hydrogens (primary N) is 2. The molecule has 0 atom stereocenters. The third kappa shape index (κ3) is 2.08. The van der Waals surface area contributed by atoms with Crippen LogP contribution in [-0.2, 0) is 0 Å². The Hall–Kier alpha value is -2.61. The summed E-state index contributed by atoms with van der Waals surface area (Å²) < 4.78 is 0. The van der Waals surface area contributed by atoms with Crippen LogP contribution >= 0.6 is 0 Å². The number of anilines is 2. The zero-order chi connectivity index (χ0) is 13.4. The van der Waals surface area contributed by atoms with Crippen LogP contribution in [0.1, 0.15) is 29.9 Å². The second-order valence-electron chi connectivity index (χ2n) is 4.70. The van der Waals surface area contributed by atoms with E-state index in [1.807, 2.05) is 18.2 Å². The van der Waals surface area contributed by atoms with Crippen molar-refractivity contribution in [2.24, 2.45) is 0 Å². The molecule has 5 nitrogen and oxygen atoms in total. The Morgan fingerprint density at radius 1 is 1.21 bits per heavy atom. The Morgan fingerprint density at radius 2 is 2.00 bits per heavy atom. The van der Waals surface area contributed by atoms with Crippen LogP contribution in [0.5, 0.6) is 0 Å². The molecular weight excluding hydrogens is 238 g/mol. The molecule has 0 saturated heterocycles. The van der Waals surface area contributed by atoms with Crippen LogP contribution in [0.2, 0.25) is 0 Å². The average molecular weight is 251 g/mol. The van der Waals surface area contributed by atoms with Gasteiger partial charge in [0.1, 0.15) is 17.5 Å². The molecule has 1 heterocycles. The fraction of sp³-hybridized carbons (Fsp3) is 0.214. The van der Waals surface area contributed by atoms with Crippen molar-refractivity contribution < 1.29 is 0 Å². The number of nitrogen functional groups attached to an aromatic ring is 2. The number of benzene rings is 1. The average Bonchev–Trinajstić information content (AvgIpc) is 3.22. The fourth-order valence-corrected chi connectivity index (χ4v) is 2.17. The zero-order valence-electron chi connectivity index (χ0n) is 10.3. The van der Waals surface area contributed by atoms with Crippen LogP contribution in [0.4, 0.5) is 11.8 Å². The van der Waals surface area contributed by atoms with E-state index >= 15 is 0 Å². The Kier molecular flexibility index (Phi) is 2.57. The summed E-state index contributed by atoms with van der Waals surface area (Å²) in [6.07, 6.45) is 2.45. The summed E-state index contributed by atoms with van der Waals surface area (Å²) in [5.41, 5.74) is 14.3. The summed E-state index contributed by atoms with van der Waals surface area (Å²) in [4.78, 5) is 7.98. The van der Waals surface area contributed by atoms with Gasteiger partial charge in [-0.1, -0.05) is 18.2 Å². The molecule has 5 heteroatoms. The first-order valence-corrected chi connectivity index (χ1v) is 6.12. The topological polar surface area (TPSA) is 102 Å². The molecule has 0 radical (unpaired) electrons. The van der Waals surface area contributed by atoms with Gasteiger partial charge in [0.25, 0.3) is 0 Å². The summed E-state index contributed by atoms with van der Waals surface area (Å²) in [7, 11) is 0. The van der Waals surface area contributed by atoms with Gasteiger partial charge < -0.3 is 11.5 Å². The fourth-order valence-electron chi connectivity index (χ4n) is 2.17. The largest absolute Gasteiger partial charge is 0.382 e. The minimum Gasteiger partial charge on any atom is -0.382 e. The van der Waals surface area contributed by atoms with Gasteiger partial charge in [-0.25, -0.2) is 4.98 Å². The predicted molar refractivity (Wildman–Crippen MR) is 73.0 cm³/mol. The normalized spacial score (nSPS) is 14.1. The van der Waals surface area contributed by atoms with E-state index in [4.69, 9.17) is 11.5 Å². The van der Waals surface area contributed by atoms with Crippen molar-refractivity contribution in [3.05, 3.63) is 35.4 Å². The Bertz CT molecular complexity index is 683. The van der Waals surface area contributed by atoms with Gasteiger partial charge >= 0.3 is 0 Å². The van der Waals surface area contributed by atoms with Crippen molar-refractivity contribution in [1.29, 1.82) is 5.26 Å². The Labute approximate surface area is 110 Å². The lowest BCUT2D eigenvalue weighted by atomic mass is 10.0. The molecule has 1 aromatic heterocycles. The third-order valence-corrected chi connectivity index (χ3v) is 3.27. The molecule has 0 amide bonds. The number of hydrogen-bond donors (Lipinski definition) is 2. The van der Waals surface area contributed by atoms with Crippen molar-refractivity contribution in [1.82, 2.24) is 9.97 Å². The highest BCUT2D eigenvalue weighted by atomic mass is 15.0. The quantitative estimate of drug-likeness (QED) is 0.850. The first-order chi connectivity index (χ1) is 9.19. The van der Waals surface area contributed by atoms with E-state index in [-0.39, 0.29) is 17.3 Å². The molecule has 1 aliphatic rings. The van der Waals surface area contributed by atoms with Gasteiger partial charge in [0.15, 0.2) is 0 Å². The Morgan fingerprint density at radius 3 is 2.68 bits per heavy atom. The summed E-state index contributed by atoms with van der Waals surface area (Å²) in [6.45, 7) is 0. The molecule has 1 aromatic carbocycles. The lowest BCUT2D eigenvalue weighted by Crippen LogP contribution is -2.05. The van der Waals surface area contributed by atoms with E-state index < -0.39 is 0 Å². The summed E-state index contributed by atoms with van der Waals surface area (Å²) >= 11 is 0. The molecule has 1 fully saturated rings. The van der Waals surface area contributed by atoms with Crippen LogP contribution in [0.15, 0.2) is 24.3 Å². The van der Waals surface area contributed by atoms with E-state index in [0.717, 1.165) is 5.56 Å². The molecule has 0 unspecified atom stereocenters. The third-order valence-electron chi connectivity index (χ3n) is 3.27. The van der Waals surface area contributed by atoms with Crippen LogP contribution in [0, 0.1) is 11.3 Å². The maximum absolute atomic E-state index is 9.19. The van der Waals surface area contributed by atoms with Gasteiger partial charge in [-0.3, -0.25) is 0 Å². The molecule has 19 heavy (non-hydrogen) atoms. The molecule has 3 rings (SSSR count). The van der Waals surface area contributed by atoms with E-state index in [0.29, 0.717) is 11.6 Å². The highest BCUT2D eigenvalue weighted by Gasteiger charge is 2.24. The van der Waals surface area contributed by atoms with E-state index in [1.54, 1.807) is 0 Å². The van der Waals surface area contributed by atoms with Gasteiger partial charge in [0.2, 0.25) is 5.95 Å². The van der Waals surface area contributed by atoms with Crippen molar-refractivity contribution >= 4 is 11.8 Å². The van der Waals surface area contributed by atoms with Crippen molar-refractivity contribution in [2.75, 3.05) is 11.5 Å². The molecule has 94 valence electrons. The maximum atomic E-state index is 9.19. The Balaban J connectivity index is 2.16. The van der Waals surface area contributed by atoms with Crippen molar-refractivity contribution in [2.45, 2.75) is 18.8 Å². The summed E-state index contributed by atoms with van der Waals surface area (Å²) in [5.74, 6) is 0.854. The number of nitriles is 1. The van der Waals surface area contributed by atoms with E-state index in [1.165, 1.54) is 18.4 Å². The van der Waals surface area contributed by atoms with Gasteiger partial charge in [-0.15, -0.1) is 0 Å². The van der Waals surface area contributed by atoms with Crippen LogP contribution in [0.25, 0.3) is 11.3 Å². The molecule has 0 spiro atoms. The number of aromatic nitrogens is 2. The SMILES string of the molecule is N#Cc1c(N)nc(N)nc1-c1cccc(C2CC2)c1. The lowest BCUT2D eigenvalue weighted by Gasteiger charge is -2.08. The highest BCUT2D eigenvalue weighted by Crippen LogP contribution is 2.41. The monoisotopic (exact) mass is 251 g/mol. The van der Waals surface area contributed by atoms with Crippen LogP contribution in [0.3, 0.4) is 0 Å². The highest BCUT2D eigenvalue weighted by molar-refractivity contribution is 5.73. The lowest BCUT2D eigenvalue weighted by molar-refractivity contribution is 1.13. The number of hydrogen-bond acceptors (Lipinski definition) is 5. The number of rotatable bonds is 2. The van der Waals surface area contributed by atoms with Gasteiger partial charge in [0.05, 0.1) is 5.69 Å². The maximum Gasteiger partial charge on any atom is 0.222 e. The summed E-state index contributed by atoms with van der Waals surface area (Å²) in [6, 6.07) is 10.1. The van der Waals surface area contributed by atoms with Gasteiger partial charge in [-0.05, 0) is 30.4 Å². The zero-order valence-corrected chi connectivity index (χ0v) is 10.3. The number of nitrogens with zero attached hydrogens (tertiary/aromatic N) is 3. The van der Waals surface area contributed by atoms with Gasteiger partial charge in [0, 0.05) is 5.56 Å². The van der Waals surface area contributed by atoms with Crippen LogP contribution in [-0.4, -0.2) is 9.97 Å². The smallest absolute Gasteiger partial charge is 0.222 e. The van der Waals surface area contributed by atoms with E-state index in [9.17, 15) is 5.26 Å². The molecular formula is C14H13N5. The molecule has 1 aliphatic carbocycles. The second-order valence-corrected chi connectivity index (χ2v) is 4.70. The van der Waals surface area contributed by atoms with Crippen molar-refractivity contribution in [3.63, 3.8) is 0 Å². The molecule has 4 N–H and O–H groups in total. The van der Waals surface area contributed by atoms with Crippen molar-refractivity contribution in [3.8, 4) is 17.3 Å². The van der Waals surface area contributed by atoms with E-state index in [2.05, 4.69) is 22.1 Å². The molecule has 0 bridgehead atoms. The van der Waals surface area contributed by atoms with Gasteiger partial charge in [-0.2, -0.15) is 10.2 Å². The second kappa shape index (κ2) is 4.25. The first kappa shape index (κ1) is 11.5. The first-order valence-electron chi connectivity index (χ1n) is 6.12. The standard InChI is InChI=1S/C14H13N5/c15-7-11-12(18-14(17)19-13(11)16)10-3-1-2-9(6-10)8-4-5-8/h1-3,6,8H,4-5H2,(H4,16,17,18,19). The minimum absolute atomic E-state index is 0.0864.